The maximum Gasteiger partial charge on any atom is 0.302 e. The van der Waals surface area contributed by atoms with Crippen LogP contribution in [-0.4, -0.2) is 55.8 Å². The molecule has 0 radical (unpaired) electrons. The molecule has 0 amide bonds. The lowest BCUT2D eigenvalue weighted by Gasteiger charge is -2.07. The monoisotopic (exact) mass is 477 g/mol. The number of carbonyl (C=O) groups is 2. The van der Waals surface area contributed by atoms with Crippen molar-refractivity contribution in [3.8, 4) is 17.3 Å². The number of halogens is 1. The predicted octanol–water partition coefficient (Wildman–Crippen LogP) is 2.03. The minimum Gasteiger partial charge on any atom is -0.496 e. The summed E-state index contributed by atoms with van der Waals surface area (Å²) in [5.41, 5.74) is 2.21. The van der Waals surface area contributed by atoms with Crippen LogP contribution in [0.4, 0.5) is 0 Å². The fourth-order valence-electron chi connectivity index (χ4n) is 2.97. The number of hydrogen-bond acceptors (Lipinski definition) is 8. The highest BCUT2D eigenvalue weighted by molar-refractivity contribution is 9.10. The van der Waals surface area contributed by atoms with Crippen LogP contribution in [0.25, 0.3) is 11.5 Å². The van der Waals surface area contributed by atoms with Gasteiger partial charge in [0.25, 0.3) is 0 Å². The molecule has 10 nitrogen and oxygen atoms in total. The van der Waals surface area contributed by atoms with Gasteiger partial charge in [-0.1, -0.05) is 0 Å². The summed E-state index contributed by atoms with van der Waals surface area (Å²) in [6.07, 6.45) is 0. The first-order valence-corrected chi connectivity index (χ1v) is 9.77. The van der Waals surface area contributed by atoms with Gasteiger partial charge in [-0.15, -0.1) is 10.2 Å². The third kappa shape index (κ3) is 4.41. The number of carbonyl (C=O) groups excluding carboxylic acids is 2. The number of nitrogens with one attached hydrogen (secondary N) is 1. The van der Waals surface area contributed by atoms with Crippen LogP contribution >= 0.6 is 15.9 Å². The topological polar surface area (TPSA) is 132 Å². The largest absolute Gasteiger partial charge is 0.496 e. The van der Waals surface area contributed by atoms with E-state index in [0.29, 0.717) is 38.3 Å². The molecule has 0 saturated heterocycles. The predicted molar refractivity (Wildman–Crippen MR) is 109 cm³/mol. The van der Waals surface area contributed by atoms with Crippen molar-refractivity contribution in [3.63, 3.8) is 0 Å². The Bertz CT molecular complexity index is 1090. The average molecular weight is 478 g/mol. The van der Waals surface area contributed by atoms with E-state index in [2.05, 4.69) is 36.3 Å². The lowest BCUT2D eigenvalue weighted by Crippen LogP contribution is -2.11. The van der Waals surface area contributed by atoms with Crippen LogP contribution in [0.3, 0.4) is 0 Å². The maximum absolute atomic E-state index is 13.2. The van der Waals surface area contributed by atoms with Crippen molar-refractivity contribution >= 4 is 27.7 Å². The molecule has 0 aliphatic heterocycles. The Morgan fingerprint density at radius 3 is 2.73 bits per heavy atom. The number of aromatic amines is 1. The first kappa shape index (κ1) is 21.7. The Morgan fingerprint density at radius 2 is 2.10 bits per heavy atom. The highest BCUT2D eigenvalue weighted by atomic mass is 79.9. The number of rotatable bonds is 8. The van der Waals surface area contributed by atoms with Crippen molar-refractivity contribution in [2.24, 2.45) is 0 Å². The number of aromatic nitrogens is 5. The minimum atomic E-state index is -0.392. The fourth-order valence-corrected chi connectivity index (χ4v) is 3.51. The van der Waals surface area contributed by atoms with Crippen LogP contribution in [0.1, 0.15) is 34.1 Å². The summed E-state index contributed by atoms with van der Waals surface area (Å²) in [5, 5.41) is 22.0. The highest BCUT2D eigenvalue weighted by Crippen LogP contribution is 2.30. The number of tetrazole rings is 1. The van der Waals surface area contributed by atoms with Gasteiger partial charge in [0.15, 0.2) is 5.78 Å². The van der Waals surface area contributed by atoms with Gasteiger partial charge in [0.05, 0.1) is 36.1 Å². The SMILES string of the molecule is COc1ccc(C(=O)c2c(CO)[nH]c(-c3nnn(CCOC(C)=O)n3)c2C)cc1Br. The van der Waals surface area contributed by atoms with Crippen LogP contribution in [0.2, 0.25) is 0 Å². The Balaban J connectivity index is 1.91. The van der Waals surface area contributed by atoms with Gasteiger partial charge in [0.2, 0.25) is 5.82 Å². The summed E-state index contributed by atoms with van der Waals surface area (Å²) in [6.45, 7) is 3.06. The van der Waals surface area contributed by atoms with E-state index in [1.807, 2.05) is 0 Å². The van der Waals surface area contributed by atoms with Crippen molar-refractivity contribution in [2.45, 2.75) is 27.0 Å². The Kier molecular flexibility index (Phi) is 6.63. The molecule has 0 spiro atoms. The van der Waals surface area contributed by atoms with E-state index >= 15 is 0 Å². The van der Waals surface area contributed by atoms with Gasteiger partial charge < -0.3 is 19.6 Å². The third-order valence-corrected chi connectivity index (χ3v) is 5.02. The van der Waals surface area contributed by atoms with Gasteiger partial charge in [-0.3, -0.25) is 9.59 Å². The van der Waals surface area contributed by atoms with E-state index in [-0.39, 0.29) is 31.4 Å². The molecule has 2 aromatic heterocycles. The number of ether oxygens (including phenoxy) is 2. The molecule has 0 aliphatic carbocycles. The average Bonchev–Trinajstić information content (AvgIpc) is 3.31. The molecule has 0 unspecified atom stereocenters. The number of ketones is 1. The normalized spacial score (nSPS) is 10.8. The van der Waals surface area contributed by atoms with Gasteiger partial charge in [-0.25, -0.2) is 0 Å². The summed E-state index contributed by atoms with van der Waals surface area (Å²) in [7, 11) is 1.54. The smallest absolute Gasteiger partial charge is 0.302 e. The van der Waals surface area contributed by atoms with Gasteiger partial charge in [-0.2, -0.15) is 4.80 Å². The Labute approximate surface area is 180 Å². The molecule has 0 saturated carbocycles. The first-order chi connectivity index (χ1) is 14.3. The van der Waals surface area contributed by atoms with Gasteiger partial charge in [-0.05, 0) is 51.8 Å². The van der Waals surface area contributed by atoms with E-state index < -0.39 is 5.97 Å². The second-order valence-corrected chi connectivity index (χ2v) is 7.22. The van der Waals surface area contributed by atoms with Crippen molar-refractivity contribution in [2.75, 3.05) is 13.7 Å². The zero-order valence-corrected chi connectivity index (χ0v) is 18.2. The molecule has 2 N–H and O–H groups in total. The van der Waals surface area contributed by atoms with E-state index in [0.717, 1.165) is 0 Å². The fraction of sp³-hybridized carbons (Fsp3) is 0.316. The van der Waals surface area contributed by atoms with Gasteiger partial charge in [0.1, 0.15) is 12.4 Å². The maximum atomic E-state index is 13.2. The second kappa shape index (κ2) is 9.18. The number of methoxy groups -OCH3 is 1. The number of aliphatic hydroxyl groups is 1. The van der Waals surface area contributed by atoms with E-state index in [4.69, 9.17) is 9.47 Å². The summed E-state index contributed by atoms with van der Waals surface area (Å²) < 4.78 is 10.7. The van der Waals surface area contributed by atoms with Crippen molar-refractivity contribution in [1.82, 2.24) is 25.2 Å². The molecular weight excluding hydrogens is 458 g/mol. The zero-order valence-electron chi connectivity index (χ0n) is 16.6. The highest BCUT2D eigenvalue weighted by Gasteiger charge is 2.24. The molecule has 0 fully saturated rings. The lowest BCUT2D eigenvalue weighted by atomic mass is 9.99. The van der Waals surface area contributed by atoms with Crippen molar-refractivity contribution < 1.29 is 24.2 Å². The van der Waals surface area contributed by atoms with Crippen LogP contribution in [0.15, 0.2) is 22.7 Å². The number of aliphatic hydroxyl groups excluding tert-OH is 1. The quantitative estimate of drug-likeness (QED) is 0.371. The van der Waals surface area contributed by atoms with Crippen LogP contribution in [0, 0.1) is 6.92 Å². The van der Waals surface area contributed by atoms with Crippen molar-refractivity contribution in [3.05, 3.63) is 45.1 Å². The minimum absolute atomic E-state index is 0.118. The second-order valence-electron chi connectivity index (χ2n) is 6.36. The zero-order chi connectivity index (χ0) is 21.8. The van der Waals surface area contributed by atoms with Crippen LogP contribution < -0.4 is 4.74 Å². The molecule has 158 valence electrons. The number of hydrogen-bond donors (Lipinski definition) is 2. The van der Waals surface area contributed by atoms with E-state index in [9.17, 15) is 14.7 Å². The Morgan fingerprint density at radius 1 is 1.33 bits per heavy atom. The summed E-state index contributed by atoms with van der Waals surface area (Å²) in [4.78, 5) is 28.3. The summed E-state index contributed by atoms with van der Waals surface area (Å²) in [6, 6.07) is 5.01. The Hall–Kier alpha value is -3.05. The number of H-pyrrole nitrogens is 1. The van der Waals surface area contributed by atoms with Crippen molar-refractivity contribution in [1.29, 1.82) is 0 Å². The third-order valence-electron chi connectivity index (χ3n) is 4.40. The number of benzene rings is 1. The molecule has 0 bridgehead atoms. The summed E-state index contributed by atoms with van der Waals surface area (Å²) >= 11 is 3.38. The van der Waals surface area contributed by atoms with E-state index in [1.54, 1.807) is 32.2 Å². The van der Waals surface area contributed by atoms with Crippen LogP contribution in [0.5, 0.6) is 5.75 Å². The molecular formula is C19H20BrN5O5. The number of nitrogens with zero attached hydrogens (tertiary/aromatic N) is 4. The lowest BCUT2D eigenvalue weighted by molar-refractivity contribution is -0.141. The molecule has 2 heterocycles. The van der Waals surface area contributed by atoms with Gasteiger partial charge in [0, 0.05) is 18.1 Å². The van der Waals surface area contributed by atoms with Crippen LogP contribution in [-0.2, 0) is 22.7 Å². The standard InChI is InChI=1S/C19H20BrN5O5/c1-10-16(18(28)12-4-5-15(29-3)13(20)8-12)14(9-26)21-17(10)19-22-24-25(23-19)6-7-30-11(2)27/h4-5,8,21,26H,6-7,9H2,1-3H3. The molecule has 11 heteroatoms. The molecule has 0 aliphatic rings. The summed E-state index contributed by atoms with van der Waals surface area (Å²) in [5.74, 6) is 0.219. The molecule has 3 aromatic rings. The molecule has 0 atom stereocenters. The first-order valence-electron chi connectivity index (χ1n) is 8.97. The molecule has 30 heavy (non-hydrogen) atoms. The van der Waals surface area contributed by atoms with E-state index in [1.165, 1.54) is 11.7 Å². The molecule has 3 rings (SSSR count). The number of esters is 1. The molecule has 1 aromatic carbocycles. The van der Waals surface area contributed by atoms with Gasteiger partial charge >= 0.3 is 5.97 Å².